The number of nitrogens with one attached hydrogen (secondary N) is 1. The minimum atomic E-state index is -0.0475. The summed E-state index contributed by atoms with van der Waals surface area (Å²) in [7, 11) is 0. The van der Waals surface area contributed by atoms with Crippen molar-refractivity contribution in [3.63, 3.8) is 0 Å². The quantitative estimate of drug-likeness (QED) is 0.915. The van der Waals surface area contributed by atoms with E-state index in [0.29, 0.717) is 11.0 Å². The van der Waals surface area contributed by atoms with E-state index in [0.717, 1.165) is 31.7 Å². The molecule has 1 saturated heterocycles. The first kappa shape index (κ1) is 14.5. The number of piperazine rings is 1. The second-order valence-corrected chi connectivity index (χ2v) is 6.31. The second kappa shape index (κ2) is 5.63. The summed E-state index contributed by atoms with van der Waals surface area (Å²) in [6.45, 7) is 9.74. The molecule has 5 nitrogen and oxygen atoms in total. The molecule has 2 heterocycles. The average molecular weight is 329 g/mol. The Balaban J connectivity index is 2.40. The molecule has 0 atom stereocenters. The summed E-state index contributed by atoms with van der Waals surface area (Å²) in [5.41, 5.74) is 0.823. The second-order valence-electron chi connectivity index (χ2n) is 5.51. The van der Waals surface area contributed by atoms with Crippen LogP contribution in [0.1, 0.15) is 27.2 Å². The van der Waals surface area contributed by atoms with Crippen molar-refractivity contribution in [2.24, 2.45) is 0 Å². The highest BCUT2D eigenvalue weighted by Gasteiger charge is 2.31. The summed E-state index contributed by atoms with van der Waals surface area (Å²) in [5.74, 6) is 0. The van der Waals surface area contributed by atoms with Crippen LogP contribution in [0.5, 0.6) is 0 Å². The Morgan fingerprint density at radius 2 is 2.26 bits per heavy atom. The highest BCUT2D eigenvalue weighted by atomic mass is 79.9. The van der Waals surface area contributed by atoms with Gasteiger partial charge < -0.3 is 10.2 Å². The zero-order valence-electron chi connectivity index (χ0n) is 11.7. The van der Waals surface area contributed by atoms with Crippen molar-refractivity contribution in [2.75, 3.05) is 24.5 Å². The molecule has 1 aromatic heterocycles. The fourth-order valence-corrected chi connectivity index (χ4v) is 2.97. The Morgan fingerprint density at radius 3 is 2.89 bits per heavy atom. The van der Waals surface area contributed by atoms with Crippen molar-refractivity contribution < 1.29 is 0 Å². The summed E-state index contributed by atoms with van der Waals surface area (Å²) in [6, 6.07) is 0. The largest absolute Gasteiger partial charge is 0.361 e. The molecule has 1 N–H and O–H groups in total. The van der Waals surface area contributed by atoms with Gasteiger partial charge >= 0.3 is 0 Å². The molecular formula is C13H21BrN4O. The van der Waals surface area contributed by atoms with Gasteiger partial charge in [-0.2, -0.15) is 5.10 Å². The van der Waals surface area contributed by atoms with Crippen LogP contribution in [0.2, 0.25) is 0 Å². The first-order valence-corrected chi connectivity index (χ1v) is 7.50. The Bertz CT molecular complexity index is 512. The molecule has 0 amide bonds. The van der Waals surface area contributed by atoms with E-state index in [1.807, 2.05) is 6.92 Å². The van der Waals surface area contributed by atoms with Gasteiger partial charge in [0.1, 0.15) is 4.47 Å². The Morgan fingerprint density at radius 1 is 1.53 bits per heavy atom. The third kappa shape index (κ3) is 2.84. The predicted molar refractivity (Wildman–Crippen MR) is 80.8 cm³/mol. The van der Waals surface area contributed by atoms with Crippen molar-refractivity contribution in [3.8, 4) is 0 Å². The Kier molecular flexibility index (Phi) is 4.30. The maximum Gasteiger partial charge on any atom is 0.283 e. The van der Waals surface area contributed by atoms with Crippen LogP contribution in [-0.2, 0) is 6.54 Å². The molecule has 0 unspecified atom stereocenters. The van der Waals surface area contributed by atoms with E-state index in [2.05, 4.69) is 45.1 Å². The molecule has 1 aromatic rings. The third-order valence-electron chi connectivity index (χ3n) is 3.49. The van der Waals surface area contributed by atoms with Crippen LogP contribution in [0.3, 0.4) is 0 Å². The molecule has 19 heavy (non-hydrogen) atoms. The molecule has 6 heteroatoms. The van der Waals surface area contributed by atoms with Crippen molar-refractivity contribution >= 4 is 21.6 Å². The van der Waals surface area contributed by atoms with E-state index in [4.69, 9.17) is 0 Å². The molecule has 0 spiro atoms. The van der Waals surface area contributed by atoms with E-state index >= 15 is 0 Å². The average Bonchev–Trinajstić information content (AvgIpc) is 2.36. The van der Waals surface area contributed by atoms with E-state index < -0.39 is 0 Å². The topological polar surface area (TPSA) is 50.2 Å². The van der Waals surface area contributed by atoms with Crippen LogP contribution in [0.15, 0.2) is 15.5 Å². The minimum absolute atomic E-state index is 0.0220. The molecular weight excluding hydrogens is 308 g/mol. The summed E-state index contributed by atoms with van der Waals surface area (Å²) < 4.78 is 2.13. The lowest BCUT2D eigenvalue weighted by atomic mass is 9.99. The van der Waals surface area contributed by atoms with Gasteiger partial charge in [0.25, 0.3) is 5.56 Å². The molecule has 0 aromatic carbocycles. The van der Waals surface area contributed by atoms with Crippen LogP contribution in [0.4, 0.5) is 5.69 Å². The van der Waals surface area contributed by atoms with Crippen molar-refractivity contribution in [1.82, 2.24) is 15.1 Å². The number of aromatic nitrogens is 2. The Hall–Kier alpha value is -0.880. The van der Waals surface area contributed by atoms with Crippen LogP contribution < -0.4 is 15.8 Å². The molecule has 0 saturated carbocycles. The first-order valence-electron chi connectivity index (χ1n) is 6.71. The van der Waals surface area contributed by atoms with Crippen LogP contribution >= 0.6 is 15.9 Å². The highest BCUT2D eigenvalue weighted by Crippen LogP contribution is 2.29. The van der Waals surface area contributed by atoms with Gasteiger partial charge in [-0.05, 0) is 36.2 Å². The SMILES string of the molecule is CCCn1ncc(N2CCNCC2(C)C)c(Br)c1=O. The number of hydrogen-bond donors (Lipinski definition) is 1. The van der Waals surface area contributed by atoms with Crippen molar-refractivity contribution in [2.45, 2.75) is 39.3 Å². The van der Waals surface area contributed by atoms with E-state index in [9.17, 15) is 4.79 Å². The maximum absolute atomic E-state index is 12.2. The molecule has 1 aliphatic heterocycles. The molecule has 0 bridgehead atoms. The van der Waals surface area contributed by atoms with Crippen LogP contribution in [0, 0.1) is 0 Å². The summed E-state index contributed by atoms with van der Waals surface area (Å²) in [4.78, 5) is 14.5. The predicted octanol–water partition coefficient (Wildman–Crippen LogP) is 1.60. The number of rotatable bonds is 3. The van der Waals surface area contributed by atoms with Crippen LogP contribution in [0.25, 0.3) is 0 Å². The number of halogens is 1. The van der Waals surface area contributed by atoms with Gasteiger partial charge in [0.15, 0.2) is 0 Å². The van der Waals surface area contributed by atoms with Gasteiger partial charge in [0.05, 0.1) is 11.9 Å². The summed E-state index contributed by atoms with van der Waals surface area (Å²) in [5, 5.41) is 7.66. The van der Waals surface area contributed by atoms with Crippen molar-refractivity contribution in [1.29, 1.82) is 0 Å². The highest BCUT2D eigenvalue weighted by molar-refractivity contribution is 9.10. The van der Waals surface area contributed by atoms with Gasteiger partial charge in [0.2, 0.25) is 0 Å². The van der Waals surface area contributed by atoms with Gasteiger partial charge in [-0.1, -0.05) is 6.92 Å². The number of hydrogen-bond acceptors (Lipinski definition) is 4. The van der Waals surface area contributed by atoms with Gasteiger partial charge in [-0.15, -0.1) is 0 Å². The molecule has 0 radical (unpaired) electrons. The zero-order valence-corrected chi connectivity index (χ0v) is 13.3. The van der Waals surface area contributed by atoms with Crippen molar-refractivity contribution in [3.05, 3.63) is 21.0 Å². The van der Waals surface area contributed by atoms with E-state index in [1.165, 1.54) is 4.68 Å². The lowest BCUT2D eigenvalue weighted by molar-refractivity contribution is 0.378. The fourth-order valence-electron chi connectivity index (χ4n) is 2.45. The van der Waals surface area contributed by atoms with Gasteiger partial charge in [0, 0.05) is 31.7 Å². The number of aryl methyl sites for hydroxylation is 1. The third-order valence-corrected chi connectivity index (χ3v) is 4.24. The molecule has 2 rings (SSSR count). The summed E-state index contributed by atoms with van der Waals surface area (Å²) in [6.07, 6.45) is 2.70. The first-order chi connectivity index (χ1) is 8.97. The maximum atomic E-state index is 12.2. The lowest BCUT2D eigenvalue weighted by Gasteiger charge is -2.44. The number of anilines is 1. The van der Waals surface area contributed by atoms with E-state index in [-0.39, 0.29) is 11.1 Å². The fraction of sp³-hybridized carbons (Fsp3) is 0.692. The monoisotopic (exact) mass is 328 g/mol. The molecule has 1 fully saturated rings. The molecule has 106 valence electrons. The normalized spacial score (nSPS) is 18.6. The van der Waals surface area contributed by atoms with Gasteiger partial charge in [-0.25, -0.2) is 4.68 Å². The standard InChI is InChI=1S/C13H21BrN4O/c1-4-6-18-12(19)11(14)10(8-16-18)17-7-5-15-9-13(17,2)3/h8,15H,4-7,9H2,1-3H3. The smallest absolute Gasteiger partial charge is 0.283 e. The summed E-state index contributed by atoms with van der Waals surface area (Å²) >= 11 is 3.45. The number of nitrogens with zero attached hydrogens (tertiary/aromatic N) is 3. The zero-order chi connectivity index (χ0) is 14.0. The molecule has 0 aliphatic carbocycles. The Labute approximate surface area is 122 Å². The van der Waals surface area contributed by atoms with E-state index in [1.54, 1.807) is 6.20 Å². The lowest BCUT2D eigenvalue weighted by Crippen LogP contribution is -2.58. The minimum Gasteiger partial charge on any atom is -0.361 e. The molecule has 1 aliphatic rings. The van der Waals surface area contributed by atoms with Crippen LogP contribution in [-0.4, -0.2) is 35.0 Å². The van der Waals surface area contributed by atoms with Gasteiger partial charge in [-0.3, -0.25) is 4.79 Å².